The molecule has 11 rings (SSSR count). The summed E-state index contributed by atoms with van der Waals surface area (Å²) in [5.41, 5.74) is 16.7. The minimum absolute atomic E-state index is 0.601. The van der Waals surface area contributed by atoms with E-state index in [0.29, 0.717) is 5.84 Å². The Balaban J connectivity index is 1.15. The molecule has 1 unspecified atom stereocenters. The Morgan fingerprint density at radius 2 is 0.982 bits per heavy atom. The molecule has 2 aliphatic carbocycles. The number of allylic oxidation sites excluding steroid dienone is 1. The van der Waals surface area contributed by atoms with E-state index in [1.807, 2.05) is 30.3 Å². The van der Waals surface area contributed by atoms with Gasteiger partial charge in [0.2, 0.25) is 0 Å². The number of hydrogen-bond acceptors (Lipinski definition) is 1. The average molecular weight is 714 g/mol. The molecule has 1 spiro atoms. The van der Waals surface area contributed by atoms with Crippen LogP contribution >= 0.6 is 0 Å². The van der Waals surface area contributed by atoms with Gasteiger partial charge in [-0.25, -0.2) is 9.98 Å². The molecule has 0 amide bonds. The van der Waals surface area contributed by atoms with Crippen LogP contribution in [0.2, 0.25) is 0 Å². The van der Waals surface area contributed by atoms with E-state index in [2.05, 4.69) is 186 Å². The molecule has 0 fully saturated rings. The molecule has 262 valence electrons. The number of nitrogens with zero attached hydrogens (tertiary/aromatic N) is 3. The number of para-hydroxylation sites is 2. The molecule has 0 saturated carbocycles. The summed E-state index contributed by atoms with van der Waals surface area (Å²) in [6.07, 6.45) is 0. The van der Waals surface area contributed by atoms with Gasteiger partial charge in [-0.3, -0.25) is 0 Å². The Hall–Kier alpha value is -7.36. The zero-order valence-corrected chi connectivity index (χ0v) is 30.6. The molecule has 0 aliphatic heterocycles. The van der Waals surface area contributed by atoms with Gasteiger partial charge < -0.3 is 4.57 Å². The molecule has 1 heterocycles. The van der Waals surface area contributed by atoms with Crippen molar-refractivity contribution in [2.24, 2.45) is 9.98 Å². The average Bonchev–Trinajstić information content (AvgIpc) is 3.87. The predicted molar refractivity (Wildman–Crippen MR) is 234 cm³/mol. The fourth-order valence-electron chi connectivity index (χ4n) is 9.44. The molecule has 8 aromatic carbocycles. The van der Waals surface area contributed by atoms with Gasteiger partial charge >= 0.3 is 0 Å². The maximum atomic E-state index is 5.45. The molecule has 3 heteroatoms. The van der Waals surface area contributed by atoms with Crippen molar-refractivity contribution in [1.82, 2.24) is 4.57 Å². The van der Waals surface area contributed by atoms with Crippen molar-refractivity contribution in [1.29, 1.82) is 0 Å². The van der Waals surface area contributed by atoms with E-state index in [-0.39, 0.29) is 0 Å². The third kappa shape index (κ3) is 4.58. The van der Waals surface area contributed by atoms with Crippen molar-refractivity contribution >= 4 is 45.6 Å². The first-order valence-corrected chi connectivity index (χ1v) is 19.1. The fraction of sp³-hybridized carbons (Fsp3) is 0.0189. The largest absolute Gasteiger partial charge is 0.309 e. The van der Waals surface area contributed by atoms with Crippen molar-refractivity contribution in [2.75, 3.05) is 0 Å². The Morgan fingerprint density at radius 1 is 0.446 bits per heavy atom. The summed E-state index contributed by atoms with van der Waals surface area (Å²) < 4.78 is 2.37. The van der Waals surface area contributed by atoms with Gasteiger partial charge in [0.15, 0.2) is 5.84 Å². The summed E-state index contributed by atoms with van der Waals surface area (Å²) >= 11 is 0. The van der Waals surface area contributed by atoms with Crippen molar-refractivity contribution < 1.29 is 0 Å². The van der Waals surface area contributed by atoms with E-state index in [9.17, 15) is 0 Å². The highest BCUT2D eigenvalue weighted by Gasteiger charge is 2.53. The number of aliphatic imine (C=N–C) groups is 2. The smallest absolute Gasteiger partial charge is 0.159 e. The summed E-state index contributed by atoms with van der Waals surface area (Å²) in [4.78, 5) is 9.95. The van der Waals surface area contributed by atoms with E-state index < -0.39 is 5.41 Å². The van der Waals surface area contributed by atoms with Gasteiger partial charge in [-0.15, -0.1) is 0 Å². The zero-order valence-electron chi connectivity index (χ0n) is 30.6. The van der Waals surface area contributed by atoms with Gasteiger partial charge in [-0.05, 0) is 81.6 Å². The Bertz CT molecular complexity index is 3020. The van der Waals surface area contributed by atoms with Gasteiger partial charge in [-0.2, -0.15) is 0 Å². The van der Waals surface area contributed by atoms with E-state index in [1.54, 1.807) is 0 Å². The van der Waals surface area contributed by atoms with Crippen LogP contribution in [-0.4, -0.2) is 17.1 Å². The van der Waals surface area contributed by atoms with Gasteiger partial charge in [0, 0.05) is 33.2 Å². The number of benzene rings is 8. The van der Waals surface area contributed by atoms with E-state index >= 15 is 0 Å². The van der Waals surface area contributed by atoms with E-state index in [4.69, 9.17) is 4.99 Å². The Labute approximate surface area is 325 Å². The van der Waals surface area contributed by atoms with Crippen molar-refractivity contribution in [3.05, 3.63) is 234 Å². The first-order chi connectivity index (χ1) is 27.8. The second-order valence-corrected chi connectivity index (χ2v) is 14.6. The Morgan fingerprint density at radius 3 is 1.66 bits per heavy atom. The summed E-state index contributed by atoms with van der Waals surface area (Å²) in [6.45, 7) is 3.99. The quantitative estimate of drug-likeness (QED) is 0.126. The summed E-state index contributed by atoms with van der Waals surface area (Å²) in [5, 5.41) is 2.52. The van der Waals surface area contributed by atoms with E-state index in [1.165, 1.54) is 60.8 Å². The number of aromatic nitrogens is 1. The minimum atomic E-state index is -0.620. The van der Waals surface area contributed by atoms with Gasteiger partial charge in [0.05, 0.1) is 22.1 Å². The SMILES string of the molecule is C=N/C(=N\C1=C(c2ccccc2)C2(c3ccccc31)c1ccccc1-c1ccc(-c3ccc(-n4c5ccccc5c5ccccc54)cc3)cc12)c1ccccc1. The lowest BCUT2D eigenvalue weighted by Crippen LogP contribution is -2.26. The van der Waals surface area contributed by atoms with Crippen LogP contribution in [0.4, 0.5) is 0 Å². The normalized spacial score (nSPS) is 15.7. The molecule has 1 atom stereocenters. The molecule has 3 nitrogen and oxygen atoms in total. The van der Waals surface area contributed by atoms with Crippen LogP contribution < -0.4 is 0 Å². The lowest BCUT2D eigenvalue weighted by molar-refractivity contribution is 0.842. The van der Waals surface area contributed by atoms with Gasteiger partial charge in [-0.1, -0.05) is 170 Å². The number of hydrogen-bond donors (Lipinski definition) is 0. The molecular formula is C53H35N3. The van der Waals surface area contributed by atoms with Crippen LogP contribution in [0.3, 0.4) is 0 Å². The van der Waals surface area contributed by atoms with Crippen LogP contribution in [0, 0.1) is 0 Å². The molecule has 0 bridgehead atoms. The highest BCUT2D eigenvalue weighted by molar-refractivity contribution is 6.14. The molecule has 0 radical (unpaired) electrons. The topological polar surface area (TPSA) is 29.6 Å². The van der Waals surface area contributed by atoms with Crippen molar-refractivity contribution in [3.8, 4) is 27.9 Å². The Kier molecular flexibility index (Phi) is 7.23. The summed E-state index contributed by atoms with van der Waals surface area (Å²) in [7, 11) is 0. The number of fused-ring (bicyclic) bond motifs is 10. The molecule has 0 saturated heterocycles. The van der Waals surface area contributed by atoms with Crippen molar-refractivity contribution in [3.63, 3.8) is 0 Å². The third-order valence-electron chi connectivity index (χ3n) is 11.7. The van der Waals surface area contributed by atoms with Crippen LogP contribution in [0.25, 0.3) is 61.0 Å². The van der Waals surface area contributed by atoms with E-state index in [0.717, 1.165) is 33.6 Å². The lowest BCUT2D eigenvalue weighted by Gasteiger charge is -2.33. The summed E-state index contributed by atoms with van der Waals surface area (Å²) in [5.74, 6) is 0.601. The third-order valence-corrected chi connectivity index (χ3v) is 11.7. The monoisotopic (exact) mass is 713 g/mol. The molecule has 56 heavy (non-hydrogen) atoms. The van der Waals surface area contributed by atoms with Crippen molar-refractivity contribution in [2.45, 2.75) is 5.41 Å². The van der Waals surface area contributed by atoms with Gasteiger partial charge in [0.25, 0.3) is 0 Å². The first kappa shape index (κ1) is 32.1. The molecule has 0 N–H and O–H groups in total. The molecule has 9 aromatic rings. The number of amidine groups is 1. The van der Waals surface area contributed by atoms with Crippen LogP contribution in [0.15, 0.2) is 210 Å². The maximum absolute atomic E-state index is 5.45. The summed E-state index contributed by atoms with van der Waals surface area (Å²) in [6, 6.07) is 72.1. The van der Waals surface area contributed by atoms with Crippen LogP contribution in [0.1, 0.15) is 33.4 Å². The van der Waals surface area contributed by atoms with Crippen LogP contribution in [-0.2, 0) is 5.41 Å². The maximum Gasteiger partial charge on any atom is 0.159 e. The molecule has 1 aromatic heterocycles. The minimum Gasteiger partial charge on any atom is -0.309 e. The predicted octanol–water partition coefficient (Wildman–Crippen LogP) is 12.8. The fourth-order valence-corrected chi connectivity index (χ4v) is 9.44. The van der Waals surface area contributed by atoms with Crippen LogP contribution in [0.5, 0.6) is 0 Å². The standard InChI is InChI=1S/C53H35N3/c1-54-52(37-18-6-3-7-19-37)55-51-44-23-9-13-25-46(44)53(50(51)36-16-4-2-5-17-36)45-24-12-8-20-40(45)41-33-30-38(34-47(41)53)35-28-31-39(32-29-35)56-48-26-14-10-21-42(48)43-22-11-15-27-49(43)56/h2-34H,1H2/b55-52-. The second-order valence-electron chi connectivity index (χ2n) is 14.6. The highest BCUT2D eigenvalue weighted by atomic mass is 15.0. The number of rotatable bonds is 5. The molecule has 2 aliphatic rings. The zero-order chi connectivity index (χ0) is 37.2. The lowest BCUT2D eigenvalue weighted by atomic mass is 9.67. The highest BCUT2D eigenvalue weighted by Crippen LogP contribution is 2.65. The molecular weight excluding hydrogens is 679 g/mol. The second kappa shape index (κ2) is 12.6. The van der Waals surface area contributed by atoms with Gasteiger partial charge in [0.1, 0.15) is 0 Å². The first-order valence-electron chi connectivity index (χ1n) is 19.1.